The van der Waals surface area contributed by atoms with Crippen molar-refractivity contribution in [1.82, 2.24) is 4.90 Å². The number of Topliss-reactive ketones (excluding diaryl/α,β-unsaturated/α-hetero) is 2. The highest BCUT2D eigenvalue weighted by molar-refractivity contribution is 6.12. The third-order valence-corrected chi connectivity index (χ3v) is 10.8. The Balaban J connectivity index is 1.12. The van der Waals surface area contributed by atoms with Crippen LogP contribution in [0, 0.1) is 53.3 Å². The highest BCUT2D eigenvalue weighted by atomic mass is 16.2. The Hall–Kier alpha value is -2.30. The molecular formula is C28H31NO4. The summed E-state index contributed by atoms with van der Waals surface area (Å²) in [7, 11) is 1.64. The number of carbonyl (C=O) groups excluding carboxylic acids is 4. The number of imide groups is 1. The molecule has 4 bridgehead atoms. The van der Waals surface area contributed by atoms with Gasteiger partial charge in [-0.2, -0.15) is 0 Å². The van der Waals surface area contributed by atoms with E-state index in [-0.39, 0.29) is 58.9 Å². The Morgan fingerprint density at radius 2 is 1.18 bits per heavy atom. The summed E-state index contributed by atoms with van der Waals surface area (Å²) in [6.45, 7) is 1.96. The lowest BCUT2D eigenvalue weighted by Crippen LogP contribution is -2.30. The van der Waals surface area contributed by atoms with Gasteiger partial charge < -0.3 is 0 Å². The number of hydrogen-bond donors (Lipinski definition) is 0. The minimum atomic E-state index is -0.350. The van der Waals surface area contributed by atoms with E-state index >= 15 is 0 Å². The van der Waals surface area contributed by atoms with Gasteiger partial charge in [-0.3, -0.25) is 24.1 Å². The molecule has 1 saturated heterocycles. The number of likely N-dealkylation sites (tertiary alicyclic amines) is 1. The van der Waals surface area contributed by atoms with Crippen molar-refractivity contribution in [3.8, 4) is 0 Å². The smallest absolute Gasteiger partial charge is 0.233 e. The van der Waals surface area contributed by atoms with Gasteiger partial charge in [-0.15, -0.1) is 0 Å². The van der Waals surface area contributed by atoms with Gasteiger partial charge in [0.15, 0.2) is 0 Å². The van der Waals surface area contributed by atoms with Crippen molar-refractivity contribution in [2.24, 2.45) is 53.3 Å². The van der Waals surface area contributed by atoms with Crippen LogP contribution in [0.1, 0.15) is 62.0 Å². The molecule has 1 aliphatic heterocycles. The van der Waals surface area contributed by atoms with E-state index in [0.717, 1.165) is 25.7 Å². The Morgan fingerprint density at radius 3 is 1.76 bits per heavy atom. The fourth-order valence-electron chi connectivity index (χ4n) is 9.53. The lowest BCUT2D eigenvalue weighted by atomic mass is 9.71. The first-order valence-corrected chi connectivity index (χ1v) is 12.9. The predicted molar refractivity (Wildman–Crippen MR) is 120 cm³/mol. The van der Waals surface area contributed by atoms with Crippen LogP contribution in [0.5, 0.6) is 0 Å². The zero-order chi connectivity index (χ0) is 22.8. The third kappa shape index (κ3) is 2.39. The molecule has 5 saturated carbocycles. The zero-order valence-corrected chi connectivity index (χ0v) is 19.3. The quantitative estimate of drug-likeness (QED) is 0.527. The molecular weight excluding hydrogens is 414 g/mol. The maximum Gasteiger partial charge on any atom is 0.233 e. The molecule has 5 heteroatoms. The van der Waals surface area contributed by atoms with Crippen molar-refractivity contribution in [3.63, 3.8) is 0 Å². The van der Waals surface area contributed by atoms with Gasteiger partial charge in [-0.25, -0.2) is 0 Å². The average molecular weight is 446 g/mol. The maximum atomic E-state index is 13.0. The first kappa shape index (κ1) is 20.1. The highest BCUT2D eigenvalue weighted by Crippen LogP contribution is 2.64. The van der Waals surface area contributed by atoms with Crippen molar-refractivity contribution in [3.05, 3.63) is 35.4 Å². The Labute approximate surface area is 194 Å². The minimum absolute atomic E-state index is 0.00486. The molecule has 6 aliphatic rings. The second-order valence-electron chi connectivity index (χ2n) is 11.8. The number of carbonyl (C=O) groups is 4. The van der Waals surface area contributed by atoms with Gasteiger partial charge >= 0.3 is 0 Å². The zero-order valence-electron chi connectivity index (χ0n) is 19.3. The summed E-state index contributed by atoms with van der Waals surface area (Å²) < 4.78 is 0. The van der Waals surface area contributed by atoms with Crippen molar-refractivity contribution < 1.29 is 19.2 Å². The number of hydrogen-bond acceptors (Lipinski definition) is 4. The molecule has 1 aromatic rings. The molecule has 0 aromatic heterocycles. The van der Waals surface area contributed by atoms with Crippen LogP contribution in [0.4, 0.5) is 0 Å². The summed E-state index contributed by atoms with van der Waals surface area (Å²) in [5.74, 6) is 1.97. The number of fused-ring (bicyclic) bond motifs is 10. The van der Waals surface area contributed by atoms with E-state index in [4.69, 9.17) is 0 Å². The van der Waals surface area contributed by atoms with E-state index in [9.17, 15) is 19.2 Å². The monoisotopic (exact) mass is 445 g/mol. The molecule has 33 heavy (non-hydrogen) atoms. The van der Waals surface area contributed by atoms with E-state index in [1.807, 2.05) is 6.92 Å². The normalized spacial score (nSPS) is 47.2. The van der Waals surface area contributed by atoms with E-state index in [1.54, 1.807) is 7.05 Å². The lowest BCUT2D eigenvalue weighted by Gasteiger charge is -2.31. The van der Waals surface area contributed by atoms with Gasteiger partial charge in [-0.05, 0) is 78.7 Å². The van der Waals surface area contributed by atoms with Gasteiger partial charge in [-0.1, -0.05) is 31.2 Å². The molecule has 7 rings (SSSR count). The van der Waals surface area contributed by atoms with E-state index in [1.165, 1.54) is 16.0 Å². The molecule has 5 nitrogen and oxygen atoms in total. The van der Waals surface area contributed by atoms with Gasteiger partial charge in [0.25, 0.3) is 0 Å². The molecule has 11 atom stereocenters. The largest absolute Gasteiger partial charge is 0.299 e. The van der Waals surface area contributed by atoms with Crippen molar-refractivity contribution >= 4 is 23.4 Å². The standard InChI is InChI=1S/C28H31NO4/c1-3-16-25(30)21-14-8-17(19(10-14)23(21)26(16)31)12-4-6-13(7-5-12)18-9-15-11-20(18)24-22(15)27(32)29(2)28(24)33/h4-7,14-24H,3,8-11H2,1-2H3. The first-order chi connectivity index (χ1) is 15.9. The SMILES string of the molecule is CCC1C(=O)C2C3CC(c4ccc(C5CC6CC5C5C(=O)N(C)C(=O)C65)cc4)C(C3)C2C1=O. The van der Waals surface area contributed by atoms with Crippen LogP contribution in [0.15, 0.2) is 24.3 Å². The second-order valence-corrected chi connectivity index (χ2v) is 11.8. The number of rotatable bonds is 3. The van der Waals surface area contributed by atoms with Gasteiger partial charge in [0.1, 0.15) is 11.6 Å². The molecule has 5 aliphatic carbocycles. The topological polar surface area (TPSA) is 71.5 Å². The highest BCUT2D eigenvalue weighted by Gasteiger charge is 2.64. The Bertz CT molecular complexity index is 1090. The van der Waals surface area contributed by atoms with Crippen LogP contribution in [0.2, 0.25) is 0 Å². The van der Waals surface area contributed by atoms with Crippen LogP contribution in [0.25, 0.3) is 0 Å². The van der Waals surface area contributed by atoms with Crippen molar-refractivity contribution in [1.29, 1.82) is 0 Å². The third-order valence-electron chi connectivity index (χ3n) is 10.8. The minimum Gasteiger partial charge on any atom is -0.299 e. The number of amides is 2. The van der Waals surface area contributed by atoms with E-state index in [0.29, 0.717) is 36.0 Å². The number of ketones is 2. The fraction of sp³-hybridized carbons (Fsp3) is 0.643. The van der Waals surface area contributed by atoms with Gasteiger partial charge in [0.05, 0.1) is 17.8 Å². The molecule has 11 unspecified atom stereocenters. The summed E-state index contributed by atoms with van der Waals surface area (Å²) in [4.78, 5) is 52.3. The van der Waals surface area contributed by atoms with E-state index < -0.39 is 0 Å². The molecule has 2 amide bonds. The summed E-state index contributed by atoms with van der Waals surface area (Å²) in [5.41, 5.74) is 2.59. The fourth-order valence-corrected chi connectivity index (χ4v) is 9.53. The first-order valence-electron chi connectivity index (χ1n) is 12.9. The van der Waals surface area contributed by atoms with Crippen LogP contribution in [-0.2, 0) is 19.2 Å². The van der Waals surface area contributed by atoms with Crippen LogP contribution >= 0.6 is 0 Å². The summed E-state index contributed by atoms with van der Waals surface area (Å²) in [5, 5.41) is 0. The van der Waals surface area contributed by atoms with Gasteiger partial charge in [0.2, 0.25) is 11.8 Å². The molecule has 0 spiro atoms. The maximum absolute atomic E-state index is 13.0. The van der Waals surface area contributed by atoms with Crippen LogP contribution in [-0.4, -0.2) is 35.3 Å². The van der Waals surface area contributed by atoms with Crippen molar-refractivity contribution in [2.45, 2.75) is 50.9 Å². The summed E-state index contributed by atoms with van der Waals surface area (Å²) in [6, 6.07) is 8.96. The predicted octanol–water partition coefficient (Wildman–Crippen LogP) is 3.57. The Morgan fingerprint density at radius 1 is 0.697 bits per heavy atom. The Kier molecular flexibility index (Phi) is 4.05. The number of nitrogens with zero attached hydrogens (tertiary/aromatic N) is 1. The molecule has 6 fully saturated rings. The summed E-state index contributed by atoms with van der Waals surface area (Å²) >= 11 is 0. The summed E-state index contributed by atoms with van der Waals surface area (Å²) in [6.07, 6.45) is 4.71. The van der Waals surface area contributed by atoms with Crippen LogP contribution < -0.4 is 0 Å². The van der Waals surface area contributed by atoms with Crippen LogP contribution in [0.3, 0.4) is 0 Å². The van der Waals surface area contributed by atoms with Gasteiger partial charge in [0, 0.05) is 18.9 Å². The molecule has 1 aromatic carbocycles. The number of benzene rings is 1. The lowest BCUT2D eigenvalue weighted by molar-refractivity contribution is -0.139. The molecule has 0 N–H and O–H groups in total. The van der Waals surface area contributed by atoms with Crippen molar-refractivity contribution in [2.75, 3.05) is 7.05 Å². The molecule has 1 heterocycles. The molecule has 172 valence electrons. The molecule has 0 radical (unpaired) electrons. The average Bonchev–Trinajstić information content (AvgIpc) is 3.64. The second kappa shape index (κ2) is 6.64. The van der Waals surface area contributed by atoms with E-state index in [2.05, 4.69) is 24.3 Å².